The molecule has 6 aromatic heterocycles. The van der Waals surface area contributed by atoms with E-state index in [2.05, 4.69) is 66.3 Å². The Morgan fingerprint density at radius 3 is 1.39 bits per heavy atom. The highest BCUT2D eigenvalue weighted by atomic mass is 35.5. The zero-order valence-electron chi connectivity index (χ0n) is 61.9. The molecule has 0 bridgehead atoms. The number of anilines is 2. The summed E-state index contributed by atoms with van der Waals surface area (Å²) < 4.78 is 103. The molecule has 0 amide bonds. The molecule has 4 fully saturated rings. The molecule has 1 unspecified atom stereocenters. The van der Waals surface area contributed by atoms with Crippen LogP contribution in [0.5, 0.6) is 11.5 Å². The molecule has 0 radical (unpaired) electrons. The molecule has 12 rings (SSSR count). The molecule has 4 saturated heterocycles. The third-order valence-electron chi connectivity index (χ3n) is 18.0. The molecule has 4 aliphatic rings. The van der Waals surface area contributed by atoms with Crippen molar-refractivity contribution in [1.29, 1.82) is 10.5 Å². The first-order valence-corrected chi connectivity index (χ1v) is 40.4. The van der Waals surface area contributed by atoms with E-state index in [9.17, 15) is 24.8 Å². The highest BCUT2D eigenvalue weighted by molar-refractivity contribution is 7.55. The highest BCUT2D eigenvalue weighted by Crippen LogP contribution is 2.55. The van der Waals surface area contributed by atoms with Crippen LogP contribution in [0.2, 0.25) is 10.0 Å². The van der Waals surface area contributed by atoms with Gasteiger partial charge < -0.3 is 68.6 Å². The van der Waals surface area contributed by atoms with Crippen molar-refractivity contribution in [3.63, 3.8) is 0 Å². The number of unbranched alkanes of at least 4 members (excludes halogenated alkanes) is 16. The summed E-state index contributed by atoms with van der Waals surface area (Å²) in [6.45, 7) is 13.0. The Balaban J connectivity index is 0.000000188. The van der Waals surface area contributed by atoms with Crippen LogP contribution >= 0.6 is 38.7 Å². The number of phosphoric ester groups is 1. The zero-order valence-corrected chi connectivity index (χ0v) is 65.2. The van der Waals surface area contributed by atoms with E-state index in [4.69, 9.17) is 95.8 Å². The number of phosphoric acid groups is 1. The van der Waals surface area contributed by atoms with E-state index in [1.54, 1.807) is 100 Å². The number of halogens is 2. The lowest BCUT2D eigenvalue weighted by Crippen LogP contribution is -2.40. The first-order chi connectivity index (χ1) is 52.1. The van der Waals surface area contributed by atoms with Gasteiger partial charge in [0.1, 0.15) is 109 Å². The monoisotopic (exact) mass is 1580 g/mol. The van der Waals surface area contributed by atoms with Crippen LogP contribution < -0.4 is 20.5 Å². The number of aromatic nitrogens is 12. The van der Waals surface area contributed by atoms with Crippen molar-refractivity contribution in [2.24, 2.45) is 0 Å². The number of nitrogens with zero attached hydrogens (tertiary/aromatic N) is 14. The average Bonchev–Trinajstić information content (AvgIpc) is 1.56. The maximum Gasteiger partial charge on any atom is 0.530 e. The predicted molar refractivity (Wildman–Crippen MR) is 399 cm³/mol. The third-order valence-corrected chi connectivity index (χ3v) is 21.9. The molecule has 36 heteroatoms. The number of fused-ring (bicyclic) bond motifs is 4. The lowest BCUT2D eigenvalue weighted by Gasteiger charge is -2.29. The minimum atomic E-state index is -4.29. The number of hydrogen-bond donors (Lipinski definition) is 4. The number of ether oxygens (including phenoxy) is 8. The maximum atomic E-state index is 14.1. The van der Waals surface area contributed by atoms with E-state index in [-0.39, 0.29) is 55.4 Å². The Bertz CT molecular complexity index is 4200. The number of nitriles is 2. The summed E-state index contributed by atoms with van der Waals surface area (Å²) in [7, 11) is -7.97. The van der Waals surface area contributed by atoms with Gasteiger partial charge in [-0.25, -0.2) is 38.1 Å². The van der Waals surface area contributed by atoms with Crippen LogP contribution in [0.4, 0.5) is 11.6 Å². The standard InChI is InChI=1S/C34H47ClN5O8P.C15H17N5O4.C13H28O2.C10H8ClN6O2P/c1-4-5-6-7-8-9-10-11-14-19-42-20-21-43-49(41,48-27-16-13-12-15-25(27)35)44-22-28-30-31(47-33(2,3)46-30)34(23-36,45-28)29-18-17-26-32(37)38-24-39-40(26)29;1-14(2)23-11-9(5-21)22-15(6-16,12(11)24-14)10-4-3-8-13(17)18-7-19-20(8)10;1-2-3-4-5-6-7-8-9-10-12-15-13-11-14;11-9-3-1-2-4-10(9)19-20(18,16-7-12-5-14-16)17-8-13-6-15-17/h12-13,15-18,24,28,30-31H,4-11,14,19-22H2,1-3H3,(H2,37,38,39);3-4,7,9,11-12,21H,5H2,1-2H3,(H2,17,18,19);14H,2-13H2,1H3;1-8H/t28-,30-,31-,34+,49?;9-,11-,12-,15+;;/m11../s1. The van der Waals surface area contributed by atoms with Gasteiger partial charge in [0.05, 0.1) is 61.1 Å². The lowest BCUT2D eigenvalue weighted by molar-refractivity contribution is -0.204. The summed E-state index contributed by atoms with van der Waals surface area (Å²) in [6.07, 6.45) is 26.2. The molecule has 108 heavy (non-hydrogen) atoms. The normalized spacial score (nSPS) is 22.2. The number of benzene rings is 2. The van der Waals surface area contributed by atoms with E-state index < -0.39 is 74.9 Å². The fraction of sp³-hybridized carbons (Fsp3) is 0.583. The fourth-order valence-electron chi connectivity index (χ4n) is 12.8. The Morgan fingerprint density at radius 2 is 0.954 bits per heavy atom. The van der Waals surface area contributed by atoms with Crippen molar-refractivity contribution in [2.45, 2.75) is 217 Å². The van der Waals surface area contributed by atoms with Crippen LogP contribution in [0.25, 0.3) is 11.0 Å². The minimum Gasteiger partial charge on any atom is -0.410 e. The van der Waals surface area contributed by atoms with Crippen LogP contribution in [0, 0.1) is 22.7 Å². The van der Waals surface area contributed by atoms with Gasteiger partial charge in [-0.05, 0) is 89.1 Å². The summed E-state index contributed by atoms with van der Waals surface area (Å²) in [4.78, 5) is 15.5. The van der Waals surface area contributed by atoms with Crippen molar-refractivity contribution in [3.05, 3.63) is 132 Å². The number of aliphatic hydroxyl groups is 2. The topological polar surface area (TPSA) is 407 Å². The molecule has 9 atom stereocenters. The van der Waals surface area contributed by atoms with Gasteiger partial charge >= 0.3 is 15.5 Å². The van der Waals surface area contributed by atoms with Crippen LogP contribution in [0.1, 0.15) is 169 Å². The molecule has 10 heterocycles. The van der Waals surface area contributed by atoms with Crippen LogP contribution in [0.3, 0.4) is 0 Å². The molecule has 0 spiro atoms. The molecule has 32 nitrogen and oxygen atoms in total. The SMILES string of the molecule is CC1(C)O[C@H]2[C@@H](O1)[C@](C#N)(c1ccc3c(N)ncnn13)O[C@@H]2CO.CCCCCCCCCCCOCCO.CCCCCCCCCCCOCCOP(=O)(OC[C@H]1O[C@@](C#N)(c2ccc3c(N)ncnn23)[C@@H]2OC(C)(C)O[C@@H]21)Oc1ccccc1Cl.O=P(Oc1ccccc1Cl)(n1cncn1)n1cncn1. The van der Waals surface area contributed by atoms with Gasteiger partial charge in [-0.1, -0.05) is 164 Å². The van der Waals surface area contributed by atoms with Crippen molar-refractivity contribution >= 4 is 61.4 Å². The Hall–Kier alpha value is -7.30. The smallest absolute Gasteiger partial charge is 0.410 e. The number of aliphatic hydroxyl groups excluding tert-OH is 2. The van der Waals surface area contributed by atoms with Crippen molar-refractivity contribution in [3.8, 4) is 23.6 Å². The summed E-state index contributed by atoms with van der Waals surface area (Å²) >= 11 is 12.3. The van der Waals surface area contributed by atoms with Gasteiger partial charge in [0.25, 0.3) is 0 Å². The predicted octanol–water partition coefficient (Wildman–Crippen LogP) is 12.9. The quantitative estimate of drug-likeness (QED) is 0.0206. The summed E-state index contributed by atoms with van der Waals surface area (Å²) in [5, 5.41) is 55.5. The van der Waals surface area contributed by atoms with E-state index >= 15 is 0 Å². The van der Waals surface area contributed by atoms with Gasteiger partial charge in [0.15, 0.2) is 23.2 Å². The maximum absolute atomic E-state index is 14.1. The van der Waals surface area contributed by atoms with Crippen LogP contribution in [0.15, 0.2) is 111 Å². The summed E-state index contributed by atoms with van der Waals surface area (Å²) in [5.74, 6) is -1.03. The fourth-order valence-corrected chi connectivity index (χ4v) is 16.0. The zero-order chi connectivity index (χ0) is 77.2. The third kappa shape index (κ3) is 21.6. The van der Waals surface area contributed by atoms with Crippen molar-refractivity contribution in [1.82, 2.24) is 58.3 Å². The molecule has 588 valence electrons. The van der Waals surface area contributed by atoms with E-state index in [0.717, 1.165) is 34.8 Å². The minimum absolute atomic E-state index is 0.0528. The number of nitrogen functional groups attached to an aromatic ring is 2. The molecule has 6 N–H and O–H groups in total. The molecule has 4 aliphatic heterocycles. The molecule has 0 saturated carbocycles. The second-order valence-electron chi connectivity index (χ2n) is 26.9. The second-order valence-corrected chi connectivity index (χ2v) is 31.3. The van der Waals surface area contributed by atoms with E-state index in [0.29, 0.717) is 46.5 Å². The molecular weight excluding hydrogens is 1480 g/mol. The van der Waals surface area contributed by atoms with Crippen LogP contribution in [-0.4, -0.2) is 170 Å². The number of para-hydroxylation sites is 2. The molecular formula is C72H100Cl2N16O16P2. The summed E-state index contributed by atoms with van der Waals surface area (Å²) in [5.41, 5.74) is 10.7. The van der Waals surface area contributed by atoms with Gasteiger partial charge in [-0.15, -0.1) is 19.1 Å². The van der Waals surface area contributed by atoms with Gasteiger partial charge in [0.2, 0.25) is 11.2 Å². The lowest BCUT2D eigenvalue weighted by atomic mass is 9.92. The highest BCUT2D eigenvalue weighted by Gasteiger charge is 2.67. The number of nitrogens with two attached hydrogens (primary N) is 2. The average molecular weight is 1580 g/mol. The van der Waals surface area contributed by atoms with Crippen LogP contribution in [-0.2, 0) is 67.3 Å². The first-order valence-electron chi connectivity index (χ1n) is 36.7. The number of hydrogen-bond acceptors (Lipinski definition) is 28. The van der Waals surface area contributed by atoms with E-state index in [1.165, 1.54) is 143 Å². The van der Waals surface area contributed by atoms with E-state index in [1.807, 2.05) is 0 Å². The van der Waals surface area contributed by atoms with Crippen molar-refractivity contribution in [2.75, 3.05) is 64.3 Å². The van der Waals surface area contributed by atoms with Gasteiger partial charge in [-0.3, -0.25) is 9.05 Å². The second kappa shape index (κ2) is 40.6. The Kier molecular flexibility index (Phi) is 31.8. The van der Waals surface area contributed by atoms with Gasteiger partial charge in [0, 0.05) is 13.2 Å². The van der Waals surface area contributed by atoms with Crippen molar-refractivity contribution < 1.29 is 75.3 Å². The largest absolute Gasteiger partial charge is 0.530 e. The molecule has 8 aromatic rings. The summed E-state index contributed by atoms with van der Waals surface area (Å²) in [6, 6.07) is 24.6. The number of rotatable bonds is 38. The molecule has 2 aromatic carbocycles. The first kappa shape index (κ1) is 84.7. The molecule has 0 aliphatic carbocycles. The van der Waals surface area contributed by atoms with Gasteiger partial charge in [-0.2, -0.15) is 20.7 Å². The Labute approximate surface area is 639 Å². The Morgan fingerprint density at radius 1 is 0.519 bits per heavy atom.